The van der Waals surface area contributed by atoms with Gasteiger partial charge < -0.3 is 5.32 Å². The van der Waals surface area contributed by atoms with Crippen molar-refractivity contribution in [2.75, 3.05) is 5.32 Å². The number of nitrogens with zero attached hydrogens (tertiary/aromatic N) is 2. The van der Waals surface area contributed by atoms with Crippen molar-refractivity contribution in [3.63, 3.8) is 0 Å². The van der Waals surface area contributed by atoms with Crippen molar-refractivity contribution in [3.05, 3.63) is 25.8 Å². The summed E-state index contributed by atoms with van der Waals surface area (Å²) in [6.45, 7) is 4.07. The third-order valence-electron chi connectivity index (χ3n) is 1.89. The summed E-state index contributed by atoms with van der Waals surface area (Å²) in [4.78, 5) is 1.29. The zero-order valence-electron chi connectivity index (χ0n) is 8.32. The zero-order chi connectivity index (χ0) is 10.8. The molecule has 0 aliphatic heterocycles. The molecule has 0 aromatic carbocycles. The van der Waals surface area contributed by atoms with Gasteiger partial charge in [-0.3, -0.25) is 0 Å². The monoisotopic (exact) mass is 303 g/mol. The Morgan fingerprint density at radius 1 is 1.33 bits per heavy atom. The van der Waals surface area contributed by atoms with E-state index in [0.717, 1.165) is 13.9 Å². The SMILES string of the molecule is Cc1nnc(NC(C)c2ccc(Br)s2)s1. The molecule has 15 heavy (non-hydrogen) atoms. The summed E-state index contributed by atoms with van der Waals surface area (Å²) >= 11 is 6.76. The first-order valence-corrected chi connectivity index (χ1v) is 6.89. The fourth-order valence-corrected chi connectivity index (χ4v) is 3.28. The smallest absolute Gasteiger partial charge is 0.206 e. The van der Waals surface area contributed by atoms with Crippen molar-refractivity contribution in [3.8, 4) is 0 Å². The van der Waals surface area contributed by atoms with Gasteiger partial charge in [0.15, 0.2) is 0 Å². The minimum atomic E-state index is 0.272. The van der Waals surface area contributed by atoms with Gasteiger partial charge in [-0.15, -0.1) is 21.5 Å². The molecule has 0 fully saturated rings. The summed E-state index contributed by atoms with van der Waals surface area (Å²) in [7, 11) is 0. The van der Waals surface area contributed by atoms with E-state index in [2.05, 4.69) is 50.5 Å². The predicted octanol–water partition coefficient (Wildman–Crippen LogP) is 3.84. The van der Waals surface area contributed by atoms with E-state index in [-0.39, 0.29) is 6.04 Å². The molecule has 1 N–H and O–H groups in total. The maximum absolute atomic E-state index is 4.04. The van der Waals surface area contributed by atoms with Gasteiger partial charge in [0, 0.05) is 4.88 Å². The summed E-state index contributed by atoms with van der Waals surface area (Å²) in [5.41, 5.74) is 0. The normalized spacial score (nSPS) is 12.7. The molecule has 1 unspecified atom stereocenters. The molecule has 0 aliphatic carbocycles. The highest BCUT2D eigenvalue weighted by Crippen LogP contribution is 2.29. The van der Waals surface area contributed by atoms with Crippen LogP contribution in [0.4, 0.5) is 5.13 Å². The number of aromatic nitrogens is 2. The summed E-state index contributed by atoms with van der Waals surface area (Å²) in [5.74, 6) is 0. The van der Waals surface area contributed by atoms with Crippen molar-refractivity contribution in [2.45, 2.75) is 19.9 Å². The molecular formula is C9H10BrN3S2. The molecule has 0 aliphatic rings. The standard InChI is InChI=1S/C9H10BrN3S2/c1-5(7-3-4-8(10)15-7)11-9-13-12-6(2)14-9/h3-5H,1-2H3,(H,11,13). The lowest BCUT2D eigenvalue weighted by Gasteiger charge is -2.09. The second-order valence-electron chi connectivity index (χ2n) is 3.13. The van der Waals surface area contributed by atoms with Gasteiger partial charge in [0.25, 0.3) is 0 Å². The Morgan fingerprint density at radius 2 is 2.13 bits per heavy atom. The van der Waals surface area contributed by atoms with Crippen LogP contribution in [-0.4, -0.2) is 10.2 Å². The average molecular weight is 304 g/mol. The van der Waals surface area contributed by atoms with Gasteiger partial charge >= 0.3 is 0 Å². The Labute approximate surface area is 105 Å². The van der Waals surface area contributed by atoms with Crippen LogP contribution in [0, 0.1) is 6.92 Å². The number of aryl methyl sites for hydroxylation is 1. The molecule has 6 heteroatoms. The van der Waals surface area contributed by atoms with Crippen LogP contribution < -0.4 is 5.32 Å². The molecule has 3 nitrogen and oxygen atoms in total. The number of anilines is 1. The molecule has 2 aromatic heterocycles. The van der Waals surface area contributed by atoms with Crippen LogP contribution in [0.5, 0.6) is 0 Å². The summed E-state index contributed by atoms with van der Waals surface area (Å²) < 4.78 is 1.15. The first-order chi connectivity index (χ1) is 7.15. The van der Waals surface area contributed by atoms with E-state index in [1.165, 1.54) is 4.88 Å². The van der Waals surface area contributed by atoms with Gasteiger partial charge in [-0.2, -0.15) is 0 Å². The number of hydrogen-bond acceptors (Lipinski definition) is 5. The van der Waals surface area contributed by atoms with Crippen molar-refractivity contribution in [1.29, 1.82) is 0 Å². The van der Waals surface area contributed by atoms with Crippen LogP contribution in [0.2, 0.25) is 0 Å². The van der Waals surface area contributed by atoms with Gasteiger partial charge in [-0.25, -0.2) is 0 Å². The number of nitrogens with one attached hydrogen (secondary N) is 1. The molecule has 2 heterocycles. The summed E-state index contributed by atoms with van der Waals surface area (Å²) in [6.07, 6.45) is 0. The van der Waals surface area contributed by atoms with Crippen LogP contribution in [0.3, 0.4) is 0 Å². The molecule has 2 aromatic rings. The van der Waals surface area contributed by atoms with E-state index in [0.29, 0.717) is 0 Å². The fourth-order valence-electron chi connectivity index (χ4n) is 1.17. The van der Waals surface area contributed by atoms with Crippen LogP contribution >= 0.6 is 38.6 Å². The predicted molar refractivity (Wildman–Crippen MR) is 68.7 cm³/mol. The number of hydrogen-bond donors (Lipinski definition) is 1. The molecule has 1 atom stereocenters. The van der Waals surface area contributed by atoms with Gasteiger partial charge in [-0.1, -0.05) is 11.3 Å². The largest absolute Gasteiger partial charge is 0.353 e. The zero-order valence-corrected chi connectivity index (χ0v) is 11.5. The van der Waals surface area contributed by atoms with Gasteiger partial charge in [0.1, 0.15) is 5.01 Å². The third kappa shape index (κ3) is 2.76. The lowest BCUT2D eigenvalue weighted by Crippen LogP contribution is -2.04. The third-order valence-corrected chi connectivity index (χ3v) is 4.46. The van der Waals surface area contributed by atoms with Crippen molar-refractivity contribution in [2.24, 2.45) is 0 Å². The van der Waals surface area contributed by atoms with E-state index in [9.17, 15) is 0 Å². The van der Waals surface area contributed by atoms with E-state index < -0.39 is 0 Å². The molecule has 0 saturated carbocycles. The van der Waals surface area contributed by atoms with Gasteiger partial charge in [0.2, 0.25) is 5.13 Å². The van der Waals surface area contributed by atoms with Gasteiger partial charge in [-0.05, 0) is 41.9 Å². The molecule has 0 bridgehead atoms. The Balaban J connectivity index is 2.06. The van der Waals surface area contributed by atoms with Crippen molar-refractivity contribution >= 4 is 43.7 Å². The van der Waals surface area contributed by atoms with Crippen LogP contribution in [0.15, 0.2) is 15.9 Å². The number of rotatable bonds is 3. The maximum atomic E-state index is 4.04. The van der Waals surface area contributed by atoms with Gasteiger partial charge in [0.05, 0.1) is 9.83 Å². The molecule has 0 saturated heterocycles. The van der Waals surface area contributed by atoms with Crippen LogP contribution in [0.25, 0.3) is 0 Å². The first-order valence-electron chi connectivity index (χ1n) is 4.47. The Hall–Kier alpha value is -0.460. The molecule has 0 radical (unpaired) electrons. The quantitative estimate of drug-likeness (QED) is 0.936. The van der Waals surface area contributed by atoms with Crippen molar-refractivity contribution < 1.29 is 0 Å². The van der Waals surface area contributed by atoms with E-state index in [1.807, 2.05) is 6.92 Å². The van der Waals surface area contributed by atoms with E-state index in [4.69, 9.17) is 0 Å². The van der Waals surface area contributed by atoms with Crippen molar-refractivity contribution in [1.82, 2.24) is 10.2 Å². The molecule has 80 valence electrons. The highest BCUT2D eigenvalue weighted by atomic mass is 79.9. The first kappa shape index (κ1) is 11.0. The Kier molecular flexibility index (Phi) is 3.38. The second-order valence-corrected chi connectivity index (χ2v) is 6.81. The highest BCUT2D eigenvalue weighted by Gasteiger charge is 2.09. The van der Waals surface area contributed by atoms with E-state index >= 15 is 0 Å². The molecule has 2 rings (SSSR count). The summed E-state index contributed by atoms with van der Waals surface area (Å²) in [6, 6.07) is 4.44. The Morgan fingerprint density at radius 3 is 2.67 bits per heavy atom. The molecule has 0 amide bonds. The summed E-state index contributed by atoms with van der Waals surface area (Å²) in [5, 5.41) is 13.2. The average Bonchev–Trinajstić information content (AvgIpc) is 2.75. The minimum Gasteiger partial charge on any atom is -0.353 e. The number of thiophene rings is 1. The van der Waals surface area contributed by atoms with Crippen LogP contribution in [-0.2, 0) is 0 Å². The lowest BCUT2D eigenvalue weighted by atomic mass is 10.3. The fraction of sp³-hybridized carbons (Fsp3) is 0.333. The van der Waals surface area contributed by atoms with E-state index in [1.54, 1.807) is 22.7 Å². The second kappa shape index (κ2) is 4.59. The maximum Gasteiger partial charge on any atom is 0.206 e. The number of halogens is 1. The molecule has 0 spiro atoms. The van der Waals surface area contributed by atoms with Crippen LogP contribution in [0.1, 0.15) is 22.9 Å². The topological polar surface area (TPSA) is 37.8 Å². The lowest BCUT2D eigenvalue weighted by molar-refractivity contribution is 0.892. The molecular weight excluding hydrogens is 294 g/mol. The highest BCUT2D eigenvalue weighted by molar-refractivity contribution is 9.11. The Bertz CT molecular complexity index is 452. The minimum absolute atomic E-state index is 0.272.